The summed E-state index contributed by atoms with van der Waals surface area (Å²) in [5.74, 6) is -0.861. The van der Waals surface area contributed by atoms with E-state index in [0.717, 1.165) is 17.2 Å². The molecule has 0 aliphatic heterocycles. The Hall–Kier alpha value is -2.92. The molecular weight excluding hydrogens is 621 g/mol. The van der Waals surface area contributed by atoms with Crippen LogP contribution in [0.1, 0.15) is 66.6 Å². The monoisotopic (exact) mass is 659 g/mol. The molecule has 236 valence electrons. The van der Waals surface area contributed by atoms with Crippen LogP contribution in [0.2, 0.25) is 0 Å². The van der Waals surface area contributed by atoms with Crippen molar-refractivity contribution in [3.63, 3.8) is 0 Å². The quantitative estimate of drug-likeness (QED) is 0.147. The van der Waals surface area contributed by atoms with Crippen LogP contribution >= 0.6 is 7.60 Å². The third kappa shape index (κ3) is 6.68. The molecule has 3 aromatic rings. The van der Waals surface area contributed by atoms with Crippen molar-refractivity contribution in [1.29, 1.82) is 0 Å². The third-order valence-corrected chi connectivity index (χ3v) is 13.1. The predicted molar refractivity (Wildman–Crippen MR) is 170 cm³/mol. The number of carbonyl (C=O) groups excluding carboxylic acids is 1. The van der Waals surface area contributed by atoms with Crippen LogP contribution in [-0.4, -0.2) is 35.8 Å². The number of hydrogen-bond acceptors (Lipinski definition) is 8. The van der Waals surface area contributed by atoms with Crippen molar-refractivity contribution in [3.05, 3.63) is 106 Å². The van der Waals surface area contributed by atoms with Gasteiger partial charge in [0.05, 0.1) is 23.0 Å². The first-order chi connectivity index (χ1) is 20.8. The lowest BCUT2D eigenvalue weighted by atomic mass is 9.92. The van der Waals surface area contributed by atoms with E-state index >= 15 is 4.57 Å². The summed E-state index contributed by atoms with van der Waals surface area (Å²) in [6, 6.07) is 17.8. The van der Waals surface area contributed by atoms with Crippen LogP contribution in [0.15, 0.2) is 93.6 Å². The van der Waals surface area contributed by atoms with E-state index in [9.17, 15) is 21.6 Å². The number of aryl methyl sites for hydroxylation is 2. The summed E-state index contributed by atoms with van der Waals surface area (Å²) >= 11 is 0. The average Bonchev–Trinajstić information content (AvgIpc) is 2.99. The van der Waals surface area contributed by atoms with Gasteiger partial charge in [-0.25, -0.2) is 16.8 Å². The van der Waals surface area contributed by atoms with E-state index in [1.54, 1.807) is 44.2 Å². The molecule has 1 aliphatic carbocycles. The Bertz CT molecular complexity index is 1790. The van der Waals surface area contributed by atoms with Gasteiger partial charge in [0, 0.05) is 11.1 Å². The molecule has 1 unspecified atom stereocenters. The Morgan fingerprint density at radius 1 is 0.750 bits per heavy atom. The van der Waals surface area contributed by atoms with Gasteiger partial charge in [0.1, 0.15) is 4.91 Å². The van der Waals surface area contributed by atoms with Crippen LogP contribution in [0, 0.1) is 13.8 Å². The normalized spacial score (nSPS) is 17.3. The Labute approximate surface area is 260 Å². The van der Waals surface area contributed by atoms with E-state index in [-0.39, 0.29) is 34.1 Å². The Morgan fingerprint density at radius 2 is 1.25 bits per heavy atom. The Balaban J connectivity index is 2.08. The van der Waals surface area contributed by atoms with Crippen molar-refractivity contribution in [2.24, 2.45) is 0 Å². The zero-order chi connectivity index (χ0) is 32.2. The Kier molecular flexibility index (Phi) is 10.5. The smallest absolute Gasteiger partial charge is 0.307 e. The summed E-state index contributed by atoms with van der Waals surface area (Å²) in [7, 11) is -13.7. The van der Waals surface area contributed by atoms with Crippen molar-refractivity contribution < 1.29 is 35.2 Å². The zero-order valence-electron chi connectivity index (χ0n) is 25.3. The van der Waals surface area contributed by atoms with Crippen molar-refractivity contribution in [2.75, 3.05) is 13.2 Å². The zero-order valence-corrected chi connectivity index (χ0v) is 27.8. The van der Waals surface area contributed by atoms with Crippen LogP contribution in [0.5, 0.6) is 0 Å². The molecule has 4 rings (SSSR count). The van der Waals surface area contributed by atoms with Crippen LogP contribution in [-0.2, 0) is 38.8 Å². The van der Waals surface area contributed by atoms with Gasteiger partial charge in [-0.2, -0.15) is 4.72 Å². The average molecular weight is 660 g/mol. The summed E-state index contributed by atoms with van der Waals surface area (Å²) in [6.07, 6.45) is 3.22. The molecule has 0 saturated carbocycles. The summed E-state index contributed by atoms with van der Waals surface area (Å²) in [5, 5.41) is -2.41. The van der Waals surface area contributed by atoms with Gasteiger partial charge >= 0.3 is 7.60 Å². The molecule has 44 heavy (non-hydrogen) atoms. The number of benzene rings is 3. The van der Waals surface area contributed by atoms with E-state index < -0.39 is 43.4 Å². The first-order valence-electron chi connectivity index (χ1n) is 14.5. The van der Waals surface area contributed by atoms with Crippen LogP contribution in [0.25, 0.3) is 0 Å². The number of sulfone groups is 1. The summed E-state index contributed by atoms with van der Waals surface area (Å²) in [6.45, 7) is 7.29. The summed E-state index contributed by atoms with van der Waals surface area (Å²) < 4.78 is 86.1. The van der Waals surface area contributed by atoms with E-state index in [1.165, 1.54) is 42.5 Å². The van der Waals surface area contributed by atoms with E-state index in [2.05, 4.69) is 4.72 Å². The number of rotatable bonds is 14. The first kappa shape index (κ1) is 34.0. The summed E-state index contributed by atoms with van der Waals surface area (Å²) in [4.78, 5) is 12.9. The molecule has 1 N–H and O–H groups in total. The van der Waals surface area contributed by atoms with E-state index in [0.29, 0.717) is 25.7 Å². The molecule has 0 spiro atoms. The fourth-order valence-electron chi connectivity index (χ4n) is 4.77. The number of fused-ring (bicyclic) bond motifs is 1. The number of sulfonamides is 1. The van der Waals surface area contributed by atoms with Crippen molar-refractivity contribution in [3.8, 4) is 0 Å². The molecule has 0 saturated heterocycles. The lowest BCUT2D eigenvalue weighted by Gasteiger charge is -2.40. The highest BCUT2D eigenvalue weighted by Crippen LogP contribution is 2.67. The van der Waals surface area contributed by atoms with E-state index in [4.69, 9.17) is 9.05 Å². The lowest BCUT2D eigenvalue weighted by molar-refractivity contribution is 0.103. The Morgan fingerprint density at radius 3 is 1.77 bits per heavy atom. The second kappa shape index (κ2) is 13.6. The molecule has 0 radical (unpaired) electrons. The maximum absolute atomic E-state index is 15.2. The minimum Gasteiger partial charge on any atom is -0.307 e. The molecule has 1 atom stereocenters. The fraction of sp³-hybridized carbons (Fsp3) is 0.344. The number of unbranched alkanes of at least 4 members (excludes halogenated alkanes) is 2. The van der Waals surface area contributed by atoms with Crippen molar-refractivity contribution in [1.82, 2.24) is 4.72 Å². The minimum absolute atomic E-state index is 0.0279. The maximum atomic E-state index is 15.2. The molecule has 9 nitrogen and oxygen atoms in total. The molecule has 0 bridgehead atoms. The molecule has 0 aromatic heterocycles. The number of ketones is 1. The molecule has 1 aliphatic rings. The number of carbonyl (C=O) groups is 1. The number of Topliss-reactive ketones (excluding diaryl/α,β-unsaturated/α-hetero) is 1. The summed E-state index contributed by atoms with van der Waals surface area (Å²) in [5.41, 5.74) is 1.46. The molecule has 12 heteroatoms. The van der Waals surface area contributed by atoms with Crippen LogP contribution in [0.4, 0.5) is 0 Å². The van der Waals surface area contributed by atoms with Gasteiger partial charge in [0.2, 0.25) is 25.6 Å². The van der Waals surface area contributed by atoms with Gasteiger partial charge < -0.3 is 9.05 Å². The van der Waals surface area contributed by atoms with Gasteiger partial charge in [0.15, 0.2) is 5.28 Å². The SMILES string of the molecule is CCCCOP(=O)(OCCCC)C1(NS(=O)(=O)c2ccc(C)cc2)C=C(S(=O)(=O)c2ccc(C)cc2)C(=O)c2ccccc21. The van der Waals surface area contributed by atoms with Crippen molar-refractivity contribution >= 4 is 33.2 Å². The van der Waals surface area contributed by atoms with Gasteiger partial charge in [0.25, 0.3) is 0 Å². The van der Waals surface area contributed by atoms with Crippen molar-refractivity contribution in [2.45, 2.75) is 68.4 Å². The molecule has 0 amide bonds. The van der Waals surface area contributed by atoms with E-state index in [1.807, 2.05) is 13.8 Å². The number of nitrogens with one attached hydrogen (secondary N) is 1. The third-order valence-electron chi connectivity index (χ3n) is 7.34. The van der Waals surface area contributed by atoms with Crippen LogP contribution in [0.3, 0.4) is 0 Å². The molecule has 0 fully saturated rings. The second-order valence-electron chi connectivity index (χ2n) is 10.8. The lowest BCUT2D eigenvalue weighted by Crippen LogP contribution is -2.48. The molecular formula is C32H38NO8PS2. The standard InChI is InChI=1S/C32H38NO8PS2/c1-5-7-21-40-42(35,41-22-8-6-2)32(33-44(38,39)27-19-15-25(4)16-20-27)23-30(31(34)28-11-9-10-12-29(28)32)43(36,37)26-17-13-24(3)14-18-26/h9-20,23,33H,5-8,21-22H2,1-4H3. The minimum atomic E-state index is -4.66. The largest absolute Gasteiger partial charge is 0.360 e. The van der Waals surface area contributed by atoms with Gasteiger partial charge in [-0.3, -0.25) is 9.36 Å². The number of hydrogen-bond donors (Lipinski definition) is 1. The topological polar surface area (TPSA) is 133 Å². The fourth-order valence-corrected chi connectivity index (χ4v) is 10.3. The van der Waals surface area contributed by atoms with Gasteiger partial charge in [-0.05, 0) is 57.0 Å². The highest BCUT2D eigenvalue weighted by molar-refractivity contribution is 7.96. The molecule has 3 aromatic carbocycles. The van der Waals surface area contributed by atoms with Gasteiger partial charge in [-0.15, -0.1) is 0 Å². The van der Waals surface area contributed by atoms with Gasteiger partial charge in [-0.1, -0.05) is 86.3 Å². The maximum Gasteiger partial charge on any atom is 0.360 e. The predicted octanol–water partition coefficient (Wildman–Crippen LogP) is 6.82. The highest BCUT2D eigenvalue weighted by Gasteiger charge is 2.58. The highest BCUT2D eigenvalue weighted by atomic mass is 32.2. The first-order valence-corrected chi connectivity index (χ1v) is 19.0. The number of allylic oxidation sites excluding steroid dienone is 1. The van der Waals surface area contributed by atoms with Crippen LogP contribution < -0.4 is 4.72 Å². The second-order valence-corrected chi connectivity index (χ2v) is 16.6. The molecule has 0 heterocycles.